The van der Waals surface area contributed by atoms with Gasteiger partial charge in [0.2, 0.25) is 0 Å². The van der Waals surface area contributed by atoms with Crippen LogP contribution in [0.3, 0.4) is 0 Å². The number of benzene rings is 1. The van der Waals surface area contributed by atoms with Gasteiger partial charge in [0.1, 0.15) is 0 Å². The van der Waals surface area contributed by atoms with Gasteiger partial charge in [-0.1, -0.05) is 41.6 Å². The summed E-state index contributed by atoms with van der Waals surface area (Å²) in [7, 11) is 1.37. The second kappa shape index (κ2) is 6.52. The van der Waals surface area contributed by atoms with E-state index in [0.29, 0.717) is 5.16 Å². The van der Waals surface area contributed by atoms with Crippen molar-refractivity contribution in [3.63, 3.8) is 0 Å². The molecule has 0 amide bonds. The predicted molar refractivity (Wildman–Crippen MR) is 79.7 cm³/mol. The van der Waals surface area contributed by atoms with Crippen molar-refractivity contribution in [1.82, 2.24) is 9.97 Å². The Labute approximate surface area is 122 Å². The average molecular weight is 288 g/mol. The first-order chi connectivity index (χ1) is 9.58. The molecule has 0 radical (unpaired) electrons. The molecule has 20 heavy (non-hydrogen) atoms. The van der Waals surface area contributed by atoms with E-state index in [-0.39, 0.29) is 11.7 Å². The lowest BCUT2D eigenvalue weighted by molar-refractivity contribution is -0.137. The highest BCUT2D eigenvalue weighted by Crippen LogP contribution is 2.22. The number of aromatic nitrogens is 2. The van der Waals surface area contributed by atoms with E-state index in [2.05, 4.69) is 14.7 Å². The summed E-state index contributed by atoms with van der Waals surface area (Å²) in [5.74, 6) is -0.0650. The summed E-state index contributed by atoms with van der Waals surface area (Å²) in [5, 5.41) is 0.589. The molecule has 104 valence electrons. The first-order valence-electron chi connectivity index (χ1n) is 6.21. The van der Waals surface area contributed by atoms with Crippen LogP contribution in [0, 0.1) is 13.8 Å². The Morgan fingerprint density at radius 1 is 1.20 bits per heavy atom. The number of carbonyl (C=O) groups is 1. The molecule has 5 heteroatoms. The van der Waals surface area contributed by atoms with E-state index in [4.69, 9.17) is 0 Å². The second-order valence-electron chi connectivity index (χ2n) is 4.41. The largest absolute Gasteiger partial charge is 0.468 e. The van der Waals surface area contributed by atoms with E-state index in [1.165, 1.54) is 24.4 Å². The summed E-state index contributed by atoms with van der Waals surface area (Å²) in [6.45, 7) is 3.97. The highest BCUT2D eigenvalue weighted by atomic mass is 32.2. The summed E-state index contributed by atoms with van der Waals surface area (Å²) >= 11 is 1.28. The average Bonchev–Trinajstić information content (AvgIpc) is 2.45. The van der Waals surface area contributed by atoms with Crippen molar-refractivity contribution in [3.05, 3.63) is 41.6 Å². The number of nitrogens with zero attached hydrogens (tertiary/aromatic N) is 2. The lowest BCUT2D eigenvalue weighted by Crippen LogP contribution is -2.04. The van der Waals surface area contributed by atoms with Crippen LogP contribution in [0.4, 0.5) is 0 Å². The first-order valence-corrected chi connectivity index (χ1v) is 7.19. The highest BCUT2D eigenvalue weighted by Gasteiger charge is 2.08. The van der Waals surface area contributed by atoms with E-state index >= 15 is 0 Å². The molecule has 0 bridgehead atoms. The maximum Gasteiger partial charge on any atom is 0.316 e. The fraction of sp³-hybridized carbons (Fsp3) is 0.267. The zero-order valence-corrected chi connectivity index (χ0v) is 12.5. The van der Waals surface area contributed by atoms with Crippen LogP contribution in [0.15, 0.2) is 35.5 Å². The van der Waals surface area contributed by atoms with Crippen molar-refractivity contribution in [2.24, 2.45) is 0 Å². The number of thioether (sulfide) groups is 1. The SMILES string of the molecule is COC(=O)CSc1nc(C)cc(-c2ccc(C)cc2)n1. The summed E-state index contributed by atoms with van der Waals surface area (Å²) in [6.07, 6.45) is 0. The number of esters is 1. The van der Waals surface area contributed by atoms with Gasteiger partial charge in [0.15, 0.2) is 5.16 Å². The molecule has 2 rings (SSSR count). The summed E-state index contributed by atoms with van der Waals surface area (Å²) < 4.78 is 4.61. The quantitative estimate of drug-likeness (QED) is 0.492. The molecule has 0 unspecified atom stereocenters. The minimum absolute atomic E-state index is 0.216. The molecule has 0 aliphatic heterocycles. The monoisotopic (exact) mass is 288 g/mol. The standard InChI is InChI=1S/C15H16N2O2S/c1-10-4-6-12(7-5-10)13-8-11(2)16-15(17-13)20-9-14(18)19-3/h4-8H,9H2,1-3H3. The van der Waals surface area contributed by atoms with Gasteiger partial charge in [-0.3, -0.25) is 4.79 Å². The van der Waals surface area contributed by atoms with Gasteiger partial charge < -0.3 is 4.74 Å². The first kappa shape index (κ1) is 14.5. The van der Waals surface area contributed by atoms with Crippen LogP contribution in [0.2, 0.25) is 0 Å². The molecule has 1 aromatic heterocycles. The molecule has 0 N–H and O–H groups in total. The number of hydrogen-bond donors (Lipinski definition) is 0. The lowest BCUT2D eigenvalue weighted by Gasteiger charge is -2.06. The van der Waals surface area contributed by atoms with E-state index < -0.39 is 0 Å². The Morgan fingerprint density at radius 2 is 1.90 bits per heavy atom. The van der Waals surface area contributed by atoms with Gasteiger partial charge in [-0.25, -0.2) is 9.97 Å². The fourth-order valence-corrected chi connectivity index (χ4v) is 2.40. The van der Waals surface area contributed by atoms with Crippen LogP contribution in [-0.4, -0.2) is 28.8 Å². The lowest BCUT2D eigenvalue weighted by atomic mass is 10.1. The molecule has 2 aromatic rings. The Bertz CT molecular complexity index is 612. The zero-order chi connectivity index (χ0) is 14.5. The molecule has 0 saturated heterocycles. The number of ether oxygens (including phenoxy) is 1. The van der Waals surface area contributed by atoms with E-state index in [1.54, 1.807) is 0 Å². The molecule has 0 atom stereocenters. The van der Waals surface area contributed by atoms with Gasteiger partial charge in [-0.05, 0) is 19.9 Å². The molecule has 0 saturated carbocycles. The van der Waals surface area contributed by atoms with Crippen LogP contribution < -0.4 is 0 Å². The van der Waals surface area contributed by atoms with Crippen molar-refractivity contribution in [2.75, 3.05) is 12.9 Å². The van der Waals surface area contributed by atoms with Crippen LogP contribution in [0.5, 0.6) is 0 Å². The summed E-state index contributed by atoms with van der Waals surface area (Å²) in [4.78, 5) is 20.0. The van der Waals surface area contributed by atoms with Gasteiger partial charge in [0.05, 0.1) is 18.6 Å². The van der Waals surface area contributed by atoms with Crippen molar-refractivity contribution in [2.45, 2.75) is 19.0 Å². The number of carbonyl (C=O) groups excluding carboxylic acids is 1. The van der Waals surface area contributed by atoms with Gasteiger partial charge in [-0.2, -0.15) is 0 Å². The van der Waals surface area contributed by atoms with Gasteiger partial charge in [0, 0.05) is 11.3 Å². The second-order valence-corrected chi connectivity index (χ2v) is 5.35. The molecule has 1 aromatic carbocycles. The van der Waals surface area contributed by atoms with E-state index in [0.717, 1.165) is 17.0 Å². The van der Waals surface area contributed by atoms with Gasteiger partial charge in [-0.15, -0.1) is 0 Å². The Morgan fingerprint density at radius 3 is 2.55 bits per heavy atom. The Kier molecular flexibility index (Phi) is 4.74. The normalized spacial score (nSPS) is 10.3. The molecule has 1 heterocycles. The van der Waals surface area contributed by atoms with Gasteiger partial charge in [0.25, 0.3) is 0 Å². The number of rotatable bonds is 4. The topological polar surface area (TPSA) is 52.1 Å². The smallest absolute Gasteiger partial charge is 0.316 e. The maximum absolute atomic E-state index is 11.2. The number of aryl methyl sites for hydroxylation is 2. The Balaban J connectivity index is 2.24. The third kappa shape index (κ3) is 3.81. The third-order valence-electron chi connectivity index (χ3n) is 2.73. The molecule has 0 aliphatic rings. The highest BCUT2D eigenvalue weighted by molar-refractivity contribution is 7.99. The van der Waals surface area contributed by atoms with Gasteiger partial charge >= 0.3 is 5.97 Å². The minimum Gasteiger partial charge on any atom is -0.468 e. The van der Waals surface area contributed by atoms with Crippen LogP contribution >= 0.6 is 11.8 Å². The van der Waals surface area contributed by atoms with E-state index in [1.807, 2.05) is 44.2 Å². The maximum atomic E-state index is 11.2. The number of methoxy groups -OCH3 is 1. The Hall–Kier alpha value is -1.88. The summed E-state index contributed by atoms with van der Waals surface area (Å²) in [6, 6.07) is 10.1. The zero-order valence-electron chi connectivity index (χ0n) is 11.7. The van der Waals surface area contributed by atoms with Crippen LogP contribution in [-0.2, 0) is 9.53 Å². The number of hydrogen-bond acceptors (Lipinski definition) is 5. The van der Waals surface area contributed by atoms with Crippen molar-refractivity contribution in [1.29, 1.82) is 0 Å². The van der Waals surface area contributed by atoms with Crippen molar-refractivity contribution in [3.8, 4) is 11.3 Å². The molecule has 0 spiro atoms. The summed E-state index contributed by atoms with van der Waals surface area (Å²) in [5.41, 5.74) is 3.99. The van der Waals surface area contributed by atoms with Crippen molar-refractivity contribution < 1.29 is 9.53 Å². The molecule has 4 nitrogen and oxygen atoms in total. The van der Waals surface area contributed by atoms with E-state index in [9.17, 15) is 4.79 Å². The molecular weight excluding hydrogens is 272 g/mol. The van der Waals surface area contributed by atoms with Crippen molar-refractivity contribution >= 4 is 17.7 Å². The minimum atomic E-state index is -0.281. The third-order valence-corrected chi connectivity index (χ3v) is 3.55. The predicted octanol–water partition coefficient (Wildman–Crippen LogP) is 3.03. The van der Waals surface area contributed by atoms with Crippen LogP contribution in [0.1, 0.15) is 11.3 Å². The fourth-order valence-electron chi connectivity index (χ4n) is 1.66. The molecule has 0 fully saturated rings. The molecule has 0 aliphatic carbocycles. The van der Waals surface area contributed by atoms with Crippen LogP contribution in [0.25, 0.3) is 11.3 Å². The molecular formula is C15H16N2O2S.